The molecular weight excluding hydrogens is 446 g/mol. The third-order valence-electron chi connectivity index (χ3n) is 4.77. The third kappa shape index (κ3) is 9.51. The molecule has 8 N–H and O–H groups in total. The number of carboxylic acid groups (broad SMARTS) is 2. The van der Waals surface area contributed by atoms with E-state index in [1.54, 1.807) is 0 Å². The van der Waals surface area contributed by atoms with Crippen molar-refractivity contribution in [1.82, 2.24) is 21.3 Å². The summed E-state index contributed by atoms with van der Waals surface area (Å²) >= 11 is 3.84. The Morgan fingerprint density at radius 3 is 1.97 bits per heavy atom. The fourth-order valence-corrected chi connectivity index (χ4v) is 3.25. The van der Waals surface area contributed by atoms with Crippen LogP contribution in [0.4, 0.5) is 0 Å². The largest absolute Gasteiger partial charge is 0.481 e. The quantitative estimate of drug-likeness (QED) is 0.123. The molecular formula is C18H29N5O8S. The SMILES string of the molecule is NC(=O)CCC(NC(=O)C1CCCN1)C(=O)NC(CCC(=O)O)C(=O)NC(CS)C(=O)O. The minimum atomic E-state index is -1.39. The first kappa shape index (κ1) is 27.2. The summed E-state index contributed by atoms with van der Waals surface area (Å²) in [5, 5.41) is 28.0. The van der Waals surface area contributed by atoms with Crippen LogP contribution in [-0.4, -0.2) is 82.2 Å². The van der Waals surface area contributed by atoms with Crippen molar-refractivity contribution in [2.24, 2.45) is 5.73 Å². The number of carbonyl (C=O) groups excluding carboxylic acids is 4. The molecule has 1 heterocycles. The highest BCUT2D eigenvalue weighted by atomic mass is 32.1. The number of amides is 4. The standard InChI is InChI=1S/C18H29N5O8S/c19-13(24)5-3-10(21-15(27)9-2-1-7-20-9)16(28)22-11(4-6-14(25)26)17(29)23-12(8-32)18(30)31/h9-12,20,32H,1-8H2,(H2,19,24)(H,21,27)(H,22,28)(H,23,29)(H,25,26)(H,30,31). The summed E-state index contributed by atoms with van der Waals surface area (Å²) in [5.74, 6) is -5.72. The Morgan fingerprint density at radius 2 is 1.50 bits per heavy atom. The second-order valence-electron chi connectivity index (χ2n) is 7.29. The lowest BCUT2D eigenvalue weighted by atomic mass is 10.1. The molecule has 14 heteroatoms. The molecule has 1 saturated heterocycles. The van der Waals surface area contributed by atoms with Crippen LogP contribution in [0.25, 0.3) is 0 Å². The van der Waals surface area contributed by atoms with E-state index in [1.165, 1.54) is 0 Å². The second-order valence-corrected chi connectivity index (χ2v) is 7.66. The van der Waals surface area contributed by atoms with Gasteiger partial charge in [0, 0.05) is 18.6 Å². The van der Waals surface area contributed by atoms with Crippen molar-refractivity contribution in [3.63, 3.8) is 0 Å². The monoisotopic (exact) mass is 475 g/mol. The van der Waals surface area contributed by atoms with E-state index in [1.807, 2.05) is 0 Å². The molecule has 1 rings (SSSR count). The molecule has 0 bridgehead atoms. The zero-order valence-electron chi connectivity index (χ0n) is 17.3. The average Bonchev–Trinajstić information content (AvgIpc) is 3.26. The normalized spacial score (nSPS) is 18.1. The molecule has 0 aromatic carbocycles. The van der Waals surface area contributed by atoms with Gasteiger partial charge < -0.3 is 37.2 Å². The summed E-state index contributed by atoms with van der Waals surface area (Å²) in [7, 11) is 0. The lowest BCUT2D eigenvalue weighted by molar-refractivity contribution is -0.142. The predicted octanol–water partition coefficient (Wildman–Crippen LogP) is -2.66. The zero-order valence-corrected chi connectivity index (χ0v) is 18.2. The van der Waals surface area contributed by atoms with Crippen LogP contribution in [0.5, 0.6) is 0 Å². The Labute approximate surface area is 189 Å². The van der Waals surface area contributed by atoms with Crippen LogP contribution in [0.3, 0.4) is 0 Å². The van der Waals surface area contributed by atoms with Crippen molar-refractivity contribution in [2.45, 2.75) is 62.7 Å². The predicted molar refractivity (Wildman–Crippen MR) is 114 cm³/mol. The van der Waals surface area contributed by atoms with Crippen LogP contribution in [0.1, 0.15) is 38.5 Å². The number of rotatable bonds is 14. The first-order chi connectivity index (χ1) is 15.0. The van der Waals surface area contributed by atoms with Gasteiger partial charge in [0.05, 0.1) is 6.04 Å². The smallest absolute Gasteiger partial charge is 0.327 e. The zero-order chi connectivity index (χ0) is 24.3. The summed E-state index contributed by atoms with van der Waals surface area (Å²) in [4.78, 5) is 70.9. The molecule has 13 nitrogen and oxygen atoms in total. The summed E-state index contributed by atoms with van der Waals surface area (Å²) < 4.78 is 0. The molecule has 4 unspecified atom stereocenters. The van der Waals surface area contributed by atoms with Gasteiger partial charge in [-0.1, -0.05) is 0 Å². The van der Waals surface area contributed by atoms with Crippen molar-refractivity contribution < 1.29 is 39.0 Å². The lowest BCUT2D eigenvalue weighted by Gasteiger charge is -2.24. The molecule has 1 aliphatic heterocycles. The van der Waals surface area contributed by atoms with Crippen molar-refractivity contribution >= 4 is 48.2 Å². The number of carbonyl (C=O) groups is 6. The van der Waals surface area contributed by atoms with Gasteiger partial charge in [0.1, 0.15) is 18.1 Å². The highest BCUT2D eigenvalue weighted by Gasteiger charge is 2.31. The van der Waals surface area contributed by atoms with Crippen molar-refractivity contribution in [2.75, 3.05) is 12.3 Å². The molecule has 1 aliphatic rings. The van der Waals surface area contributed by atoms with Gasteiger partial charge in [-0.3, -0.25) is 24.0 Å². The van der Waals surface area contributed by atoms with Crippen LogP contribution >= 0.6 is 12.6 Å². The molecule has 180 valence electrons. The summed E-state index contributed by atoms with van der Waals surface area (Å²) in [6.07, 6.45) is 0.182. The van der Waals surface area contributed by atoms with Gasteiger partial charge in [0.2, 0.25) is 23.6 Å². The van der Waals surface area contributed by atoms with E-state index in [9.17, 15) is 28.8 Å². The van der Waals surface area contributed by atoms with Gasteiger partial charge in [0.15, 0.2) is 0 Å². The molecule has 0 saturated carbocycles. The van der Waals surface area contributed by atoms with Gasteiger partial charge >= 0.3 is 11.9 Å². The van der Waals surface area contributed by atoms with E-state index in [2.05, 4.69) is 33.9 Å². The van der Waals surface area contributed by atoms with Gasteiger partial charge in [-0.2, -0.15) is 12.6 Å². The summed E-state index contributed by atoms with van der Waals surface area (Å²) in [5.41, 5.74) is 5.13. The van der Waals surface area contributed by atoms with Gasteiger partial charge in [-0.15, -0.1) is 0 Å². The van der Waals surface area contributed by atoms with E-state index < -0.39 is 66.2 Å². The Bertz CT molecular complexity index is 728. The number of thiol groups is 1. The summed E-state index contributed by atoms with van der Waals surface area (Å²) in [6.45, 7) is 0.642. The minimum Gasteiger partial charge on any atom is -0.481 e. The Hall–Kier alpha value is -2.87. The van der Waals surface area contributed by atoms with Gasteiger partial charge in [-0.05, 0) is 32.2 Å². The number of nitrogens with two attached hydrogens (primary N) is 1. The van der Waals surface area contributed by atoms with Crippen LogP contribution in [0.2, 0.25) is 0 Å². The number of primary amides is 1. The molecule has 4 amide bonds. The number of hydrogen-bond donors (Lipinski definition) is 8. The molecule has 1 fully saturated rings. The molecule has 32 heavy (non-hydrogen) atoms. The molecule has 0 spiro atoms. The number of aliphatic carboxylic acids is 2. The van der Waals surface area contributed by atoms with Crippen LogP contribution in [-0.2, 0) is 28.8 Å². The van der Waals surface area contributed by atoms with Crippen molar-refractivity contribution in [3.05, 3.63) is 0 Å². The van der Waals surface area contributed by atoms with Crippen LogP contribution in [0, 0.1) is 0 Å². The van der Waals surface area contributed by atoms with Gasteiger partial charge in [-0.25, -0.2) is 4.79 Å². The lowest BCUT2D eigenvalue weighted by Crippen LogP contribution is -2.57. The topological polar surface area (TPSA) is 217 Å². The molecule has 4 atom stereocenters. The van der Waals surface area contributed by atoms with Crippen LogP contribution in [0.15, 0.2) is 0 Å². The second kappa shape index (κ2) is 13.5. The van der Waals surface area contributed by atoms with E-state index in [0.29, 0.717) is 13.0 Å². The third-order valence-corrected chi connectivity index (χ3v) is 5.13. The Balaban J connectivity index is 2.93. The maximum absolute atomic E-state index is 12.8. The number of carboxylic acids is 2. The Kier molecular flexibility index (Phi) is 11.5. The molecule has 0 radical (unpaired) electrons. The maximum Gasteiger partial charge on any atom is 0.327 e. The fraction of sp³-hybridized carbons (Fsp3) is 0.667. The van der Waals surface area contributed by atoms with E-state index in [0.717, 1.165) is 6.42 Å². The minimum absolute atomic E-state index is 0.138. The first-order valence-electron chi connectivity index (χ1n) is 10.0. The average molecular weight is 476 g/mol. The molecule has 0 aromatic rings. The maximum atomic E-state index is 12.8. The van der Waals surface area contributed by atoms with Crippen molar-refractivity contribution in [3.8, 4) is 0 Å². The highest BCUT2D eigenvalue weighted by Crippen LogP contribution is 2.08. The fourth-order valence-electron chi connectivity index (χ4n) is 3.00. The van der Waals surface area contributed by atoms with E-state index in [4.69, 9.17) is 15.9 Å². The van der Waals surface area contributed by atoms with Gasteiger partial charge in [0.25, 0.3) is 0 Å². The Morgan fingerprint density at radius 1 is 0.938 bits per heavy atom. The first-order valence-corrected chi connectivity index (χ1v) is 10.7. The van der Waals surface area contributed by atoms with E-state index in [-0.39, 0.29) is 25.0 Å². The number of hydrogen-bond acceptors (Lipinski definition) is 8. The van der Waals surface area contributed by atoms with E-state index >= 15 is 0 Å². The summed E-state index contributed by atoms with van der Waals surface area (Å²) in [6, 6.07) is -4.46. The van der Waals surface area contributed by atoms with Crippen LogP contribution < -0.4 is 27.0 Å². The molecule has 0 aromatic heterocycles. The van der Waals surface area contributed by atoms with Crippen molar-refractivity contribution in [1.29, 1.82) is 0 Å². The molecule has 0 aliphatic carbocycles. The highest BCUT2D eigenvalue weighted by molar-refractivity contribution is 7.80. The number of nitrogens with one attached hydrogen (secondary N) is 4.